The first-order chi connectivity index (χ1) is 14.7. The first kappa shape index (κ1) is 21.6. The van der Waals surface area contributed by atoms with Crippen LogP contribution in [0.5, 0.6) is 0 Å². The molecule has 3 heterocycles. The Bertz CT molecular complexity index is 1140. The molecule has 8 nitrogen and oxygen atoms in total. The van der Waals surface area contributed by atoms with Gasteiger partial charge in [-0.1, -0.05) is 13.0 Å². The van der Waals surface area contributed by atoms with Crippen LogP contribution < -0.4 is 5.56 Å². The molecular formula is C23H33N7O. The molecule has 1 N–H and O–H groups in total. The minimum absolute atomic E-state index is 0.0784. The third-order valence-electron chi connectivity index (χ3n) is 6.72. The molecule has 2 aromatic heterocycles. The average Bonchev–Trinajstić information content (AvgIpc) is 3.20. The maximum Gasteiger partial charge on any atom is 0.253 e. The fourth-order valence-electron chi connectivity index (χ4n) is 4.42. The van der Waals surface area contributed by atoms with E-state index in [0.29, 0.717) is 5.56 Å². The molecule has 1 atom stereocenters. The maximum atomic E-state index is 13.4. The van der Waals surface area contributed by atoms with Crippen molar-refractivity contribution in [3.8, 4) is 0 Å². The number of nitrogens with zero attached hydrogens (tertiary/aromatic N) is 6. The van der Waals surface area contributed by atoms with Gasteiger partial charge in [0.05, 0.1) is 5.54 Å². The van der Waals surface area contributed by atoms with Crippen LogP contribution >= 0.6 is 0 Å². The summed E-state index contributed by atoms with van der Waals surface area (Å²) in [4.78, 5) is 21.1. The first-order valence-electron chi connectivity index (χ1n) is 11.1. The van der Waals surface area contributed by atoms with Crippen LogP contribution in [-0.2, 0) is 5.54 Å². The lowest BCUT2D eigenvalue weighted by molar-refractivity contribution is 0.117. The predicted octanol–water partition coefficient (Wildman–Crippen LogP) is 2.61. The van der Waals surface area contributed by atoms with Gasteiger partial charge in [-0.15, -0.1) is 5.10 Å². The van der Waals surface area contributed by atoms with Crippen LogP contribution in [0.2, 0.25) is 0 Å². The molecule has 0 bridgehead atoms. The predicted molar refractivity (Wildman–Crippen MR) is 122 cm³/mol. The molecule has 1 aliphatic rings. The van der Waals surface area contributed by atoms with Crippen LogP contribution in [-0.4, -0.2) is 68.2 Å². The number of aromatic nitrogens is 5. The first-order valence-corrected chi connectivity index (χ1v) is 11.1. The Balaban J connectivity index is 1.92. The Morgan fingerprint density at radius 1 is 1.13 bits per heavy atom. The molecule has 0 radical (unpaired) electrons. The second-order valence-electron chi connectivity index (χ2n) is 9.45. The van der Waals surface area contributed by atoms with Gasteiger partial charge in [-0.2, -0.15) is 0 Å². The van der Waals surface area contributed by atoms with Crippen molar-refractivity contribution < 1.29 is 0 Å². The standard InChI is InChI=1S/C23H33N7O/c1-7-23(4,5)30-21(25-26-27-30)20(29-10-8-28(6)9-11-29)18-14-17-16(3)12-15(2)13-19(17)24-22(18)31/h12-14,20H,7-11H2,1-6H3,(H,24,31)/t20-/m1/s1. The highest BCUT2D eigenvalue weighted by Crippen LogP contribution is 2.31. The molecular weight excluding hydrogens is 390 g/mol. The van der Waals surface area contributed by atoms with E-state index in [-0.39, 0.29) is 17.1 Å². The van der Waals surface area contributed by atoms with Gasteiger partial charge >= 0.3 is 0 Å². The van der Waals surface area contributed by atoms with Crippen LogP contribution in [0.15, 0.2) is 23.0 Å². The topological polar surface area (TPSA) is 82.9 Å². The van der Waals surface area contributed by atoms with E-state index in [4.69, 9.17) is 0 Å². The summed E-state index contributed by atoms with van der Waals surface area (Å²) < 4.78 is 1.90. The zero-order valence-electron chi connectivity index (χ0n) is 19.4. The highest BCUT2D eigenvalue weighted by Gasteiger charge is 2.35. The lowest BCUT2D eigenvalue weighted by Gasteiger charge is -2.38. The summed E-state index contributed by atoms with van der Waals surface area (Å²) in [7, 11) is 2.13. The lowest BCUT2D eigenvalue weighted by Crippen LogP contribution is -2.48. The number of aryl methyl sites for hydroxylation is 2. The van der Waals surface area contributed by atoms with Crippen molar-refractivity contribution >= 4 is 10.9 Å². The minimum Gasteiger partial charge on any atom is -0.322 e. The maximum absolute atomic E-state index is 13.4. The van der Waals surface area contributed by atoms with E-state index in [1.54, 1.807) is 0 Å². The molecule has 4 rings (SSSR count). The summed E-state index contributed by atoms with van der Waals surface area (Å²) in [5.74, 6) is 0.728. The summed E-state index contributed by atoms with van der Waals surface area (Å²) in [6.07, 6.45) is 0.882. The Morgan fingerprint density at radius 3 is 2.52 bits per heavy atom. The minimum atomic E-state index is -0.302. The second kappa shape index (κ2) is 8.16. The number of H-pyrrole nitrogens is 1. The Labute approximate surface area is 183 Å². The smallest absolute Gasteiger partial charge is 0.253 e. The number of nitrogens with one attached hydrogen (secondary N) is 1. The van der Waals surface area contributed by atoms with Crippen LogP contribution in [0.3, 0.4) is 0 Å². The van der Waals surface area contributed by atoms with Crippen LogP contribution in [0, 0.1) is 13.8 Å². The van der Waals surface area contributed by atoms with Gasteiger partial charge in [0.25, 0.3) is 5.56 Å². The number of likely N-dealkylation sites (N-methyl/N-ethyl adjacent to an activating group) is 1. The lowest BCUT2D eigenvalue weighted by atomic mass is 9.97. The molecule has 1 aliphatic heterocycles. The number of tetrazole rings is 1. The van der Waals surface area contributed by atoms with Crippen molar-refractivity contribution in [2.24, 2.45) is 0 Å². The van der Waals surface area contributed by atoms with Gasteiger partial charge in [0.2, 0.25) is 0 Å². The SMILES string of the molecule is CCC(C)(C)n1nnnc1[C@@H](c1cc2c(C)cc(C)cc2[nH]c1=O)N1CCN(C)CC1. The molecule has 0 spiro atoms. The van der Waals surface area contributed by atoms with E-state index in [2.05, 4.69) is 71.1 Å². The van der Waals surface area contributed by atoms with Crippen LogP contribution in [0.25, 0.3) is 10.9 Å². The molecule has 0 aliphatic carbocycles. The highest BCUT2D eigenvalue weighted by atomic mass is 16.1. The Morgan fingerprint density at radius 2 is 1.84 bits per heavy atom. The fourth-order valence-corrected chi connectivity index (χ4v) is 4.42. The van der Waals surface area contributed by atoms with Gasteiger partial charge < -0.3 is 9.88 Å². The van der Waals surface area contributed by atoms with E-state index in [0.717, 1.165) is 60.5 Å². The zero-order valence-corrected chi connectivity index (χ0v) is 19.4. The summed E-state index contributed by atoms with van der Waals surface area (Å²) >= 11 is 0. The van der Waals surface area contributed by atoms with E-state index < -0.39 is 0 Å². The number of hydrogen-bond acceptors (Lipinski definition) is 6. The number of benzene rings is 1. The largest absolute Gasteiger partial charge is 0.322 e. The highest BCUT2D eigenvalue weighted by molar-refractivity contribution is 5.83. The Kier molecular flexibility index (Phi) is 5.70. The van der Waals surface area contributed by atoms with Crippen molar-refractivity contribution in [3.63, 3.8) is 0 Å². The van der Waals surface area contributed by atoms with Crippen molar-refractivity contribution in [1.82, 2.24) is 35.0 Å². The fraction of sp³-hybridized carbons (Fsp3) is 0.565. The summed E-state index contributed by atoms with van der Waals surface area (Å²) in [5.41, 5.74) is 3.53. The molecule has 8 heteroatoms. The van der Waals surface area contributed by atoms with E-state index >= 15 is 0 Å². The number of pyridine rings is 1. The van der Waals surface area contributed by atoms with Crippen molar-refractivity contribution in [2.75, 3.05) is 33.2 Å². The third kappa shape index (κ3) is 4.02. The van der Waals surface area contributed by atoms with Gasteiger partial charge in [-0.3, -0.25) is 9.69 Å². The average molecular weight is 424 g/mol. The Hall–Kier alpha value is -2.58. The van der Waals surface area contributed by atoms with Gasteiger partial charge in [-0.25, -0.2) is 4.68 Å². The molecule has 166 valence electrons. The van der Waals surface area contributed by atoms with Crippen molar-refractivity contribution in [1.29, 1.82) is 0 Å². The van der Waals surface area contributed by atoms with Gasteiger partial charge in [0.1, 0.15) is 6.04 Å². The molecule has 1 fully saturated rings. The third-order valence-corrected chi connectivity index (χ3v) is 6.72. The number of piperazine rings is 1. The molecule has 1 saturated heterocycles. The number of hydrogen-bond donors (Lipinski definition) is 1. The number of aromatic amines is 1. The summed E-state index contributed by atoms with van der Waals surface area (Å²) in [6, 6.07) is 5.93. The van der Waals surface area contributed by atoms with Gasteiger partial charge in [0.15, 0.2) is 5.82 Å². The van der Waals surface area contributed by atoms with E-state index in [1.807, 2.05) is 23.7 Å². The summed E-state index contributed by atoms with van der Waals surface area (Å²) in [6.45, 7) is 14.1. The molecule has 31 heavy (non-hydrogen) atoms. The van der Waals surface area contributed by atoms with Crippen LogP contribution in [0.4, 0.5) is 0 Å². The molecule has 0 amide bonds. The molecule has 1 aromatic carbocycles. The van der Waals surface area contributed by atoms with E-state index in [9.17, 15) is 4.79 Å². The quantitative estimate of drug-likeness (QED) is 0.679. The number of fused-ring (bicyclic) bond motifs is 1. The van der Waals surface area contributed by atoms with Gasteiger partial charge in [-0.05, 0) is 74.8 Å². The zero-order chi connectivity index (χ0) is 22.3. The van der Waals surface area contributed by atoms with Gasteiger partial charge in [0, 0.05) is 42.6 Å². The molecule has 3 aromatic rings. The molecule has 0 saturated carbocycles. The van der Waals surface area contributed by atoms with Crippen LogP contribution in [0.1, 0.15) is 55.7 Å². The van der Waals surface area contributed by atoms with Crippen molar-refractivity contribution in [3.05, 3.63) is 51.1 Å². The van der Waals surface area contributed by atoms with Crippen molar-refractivity contribution in [2.45, 2.75) is 52.6 Å². The molecule has 0 unspecified atom stereocenters. The normalized spacial score (nSPS) is 17.4. The van der Waals surface area contributed by atoms with E-state index in [1.165, 1.54) is 0 Å². The number of rotatable bonds is 5. The summed E-state index contributed by atoms with van der Waals surface area (Å²) in [5, 5.41) is 13.9. The second-order valence-corrected chi connectivity index (χ2v) is 9.45. The monoisotopic (exact) mass is 423 g/mol.